The van der Waals surface area contributed by atoms with Crippen LogP contribution in [0, 0.1) is 6.92 Å². The maximum absolute atomic E-state index is 12.3. The summed E-state index contributed by atoms with van der Waals surface area (Å²) in [7, 11) is 1.65. The Hall–Kier alpha value is -2.01. The molecule has 0 bridgehead atoms. The van der Waals surface area contributed by atoms with Gasteiger partial charge in [-0.3, -0.25) is 0 Å². The van der Waals surface area contributed by atoms with Crippen molar-refractivity contribution < 1.29 is 9.53 Å². The molecule has 1 aliphatic rings. The first kappa shape index (κ1) is 15.9. The SMILES string of the molecule is COc1ccc(C2(NC(=O)Nc3ccc(C)cc3Br)CC2)cc1. The lowest BCUT2D eigenvalue weighted by Crippen LogP contribution is -2.38. The van der Waals surface area contributed by atoms with Gasteiger partial charge in [0, 0.05) is 4.47 Å². The summed E-state index contributed by atoms with van der Waals surface area (Å²) in [6.45, 7) is 2.01. The van der Waals surface area contributed by atoms with Crippen LogP contribution in [0.4, 0.5) is 10.5 Å². The number of ether oxygens (including phenoxy) is 1. The van der Waals surface area contributed by atoms with Gasteiger partial charge in [0.25, 0.3) is 0 Å². The highest BCUT2D eigenvalue weighted by Gasteiger charge is 2.45. The van der Waals surface area contributed by atoms with Crippen LogP contribution in [0.5, 0.6) is 5.75 Å². The Morgan fingerprint density at radius 2 is 1.87 bits per heavy atom. The molecule has 1 aliphatic carbocycles. The summed E-state index contributed by atoms with van der Waals surface area (Å²) in [6.07, 6.45) is 1.89. The molecule has 2 aromatic rings. The fourth-order valence-electron chi connectivity index (χ4n) is 2.61. The van der Waals surface area contributed by atoms with E-state index in [9.17, 15) is 4.79 Å². The van der Waals surface area contributed by atoms with Gasteiger partial charge < -0.3 is 15.4 Å². The van der Waals surface area contributed by atoms with Gasteiger partial charge in [0.05, 0.1) is 18.3 Å². The van der Waals surface area contributed by atoms with Gasteiger partial charge in [-0.1, -0.05) is 18.2 Å². The molecule has 120 valence electrons. The second-order valence-electron chi connectivity index (χ2n) is 5.87. The van der Waals surface area contributed by atoms with E-state index in [1.807, 2.05) is 49.4 Å². The zero-order chi connectivity index (χ0) is 16.4. The van der Waals surface area contributed by atoms with Gasteiger partial charge in [-0.25, -0.2) is 4.79 Å². The quantitative estimate of drug-likeness (QED) is 0.822. The van der Waals surface area contributed by atoms with Gasteiger partial charge in [-0.05, 0) is 71.1 Å². The topological polar surface area (TPSA) is 50.4 Å². The number of carbonyl (C=O) groups excluding carboxylic acids is 1. The molecule has 4 nitrogen and oxygen atoms in total. The molecular weight excluding hydrogens is 356 g/mol. The predicted molar refractivity (Wildman–Crippen MR) is 94.9 cm³/mol. The number of aryl methyl sites for hydroxylation is 1. The summed E-state index contributed by atoms with van der Waals surface area (Å²) in [5, 5.41) is 6.00. The fraction of sp³-hybridized carbons (Fsp3) is 0.278. The Balaban J connectivity index is 1.69. The van der Waals surface area contributed by atoms with E-state index in [4.69, 9.17) is 4.74 Å². The van der Waals surface area contributed by atoms with Crippen LogP contribution in [0.15, 0.2) is 46.9 Å². The van der Waals surface area contributed by atoms with Crippen molar-refractivity contribution in [3.63, 3.8) is 0 Å². The smallest absolute Gasteiger partial charge is 0.319 e. The van der Waals surface area contributed by atoms with Crippen LogP contribution in [0.1, 0.15) is 24.0 Å². The molecule has 1 fully saturated rings. The van der Waals surface area contributed by atoms with E-state index in [0.29, 0.717) is 0 Å². The van der Waals surface area contributed by atoms with Crippen LogP contribution >= 0.6 is 15.9 Å². The summed E-state index contributed by atoms with van der Waals surface area (Å²) in [4.78, 5) is 12.3. The van der Waals surface area contributed by atoms with Gasteiger partial charge in [0.15, 0.2) is 0 Å². The average Bonchev–Trinajstić information content (AvgIpc) is 3.31. The molecule has 5 heteroatoms. The van der Waals surface area contributed by atoms with Crippen molar-refractivity contribution in [1.82, 2.24) is 5.32 Å². The van der Waals surface area contributed by atoms with Crippen molar-refractivity contribution >= 4 is 27.6 Å². The van der Waals surface area contributed by atoms with Crippen LogP contribution < -0.4 is 15.4 Å². The van der Waals surface area contributed by atoms with E-state index < -0.39 is 0 Å². The third kappa shape index (κ3) is 3.50. The van der Waals surface area contributed by atoms with Crippen molar-refractivity contribution in [2.75, 3.05) is 12.4 Å². The number of halogens is 1. The standard InChI is InChI=1S/C18H19BrN2O2/c1-12-3-8-16(15(19)11-12)20-17(22)21-18(9-10-18)13-4-6-14(23-2)7-5-13/h3-8,11H,9-10H2,1-2H3,(H2,20,21,22). The normalized spacial score (nSPS) is 14.9. The van der Waals surface area contributed by atoms with E-state index in [1.54, 1.807) is 7.11 Å². The number of hydrogen-bond acceptors (Lipinski definition) is 2. The molecule has 2 amide bonds. The highest BCUT2D eigenvalue weighted by molar-refractivity contribution is 9.10. The number of nitrogens with one attached hydrogen (secondary N) is 2. The van der Waals surface area contributed by atoms with Crippen LogP contribution in [-0.4, -0.2) is 13.1 Å². The van der Waals surface area contributed by atoms with E-state index in [1.165, 1.54) is 0 Å². The summed E-state index contributed by atoms with van der Waals surface area (Å²) in [5.74, 6) is 0.817. The Morgan fingerprint density at radius 1 is 1.17 bits per heavy atom. The molecule has 0 aliphatic heterocycles. The number of urea groups is 1. The van der Waals surface area contributed by atoms with E-state index in [2.05, 4.69) is 26.6 Å². The van der Waals surface area contributed by atoms with Gasteiger partial charge in [-0.2, -0.15) is 0 Å². The monoisotopic (exact) mass is 374 g/mol. The van der Waals surface area contributed by atoms with Crippen LogP contribution in [0.25, 0.3) is 0 Å². The van der Waals surface area contributed by atoms with Crippen molar-refractivity contribution in [2.24, 2.45) is 0 Å². The summed E-state index contributed by atoms with van der Waals surface area (Å²) < 4.78 is 6.06. The highest BCUT2D eigenvalue weighted by atomic mass is 79.9. The number of benzene rings is 2. The third-order valence-electron chi connectivity index (χ3n) is 4.12. The van der Waals surface area contributed by atoms with E-state index in [-0.39, 0.29) is 11.6 Å². The first-order valence-electron chi connectivity index (χ1n) is 7.52. The average molecular weight is 375 g/mol. The van der Waals surface area contributed by atoms with Crippen LogP contribution in [0.3, 0.4) is 0 Å². The molecule has 0 heterocycles. The zero-order valence-electron chi connectivity index (χ0n) is 13.2. The maximum atomic E-state index is 12.3. The largest absolute Gasteiger partial charge is 0.497 e. The summed E-state index contributed by atoms with van der Waals surface area (Å²) >= 11 is 3.48. The molecule has 2 aromatic carbocycles. The second kappa shape index (κ2) is 6.24. The first-order chi connectivity index (χ1) is 11.0. The van der Waals surface area contributed by atoms with Gasteiger partial charge >= 0.3 is 6.03 Å². The van der Waals surface area contributed by atoms with E-state index in [0.717, 1.165) is 39.9 Å². The Labute approximate surface area is 144 Å². The minimum absolute atomic E-state index is 0.192. The molecule has 1 saturated carbocycles. The molecule has 23 heavy (non-hydrogen) atoms. The lowest BCUT2D eigenvalue weighted by Gasteiger charge is -2.19. The predicted octanol–water partition coefficient (Wildman–Crippen LogP) is 4.58. The number of carbonyl (C=O) groups is 1. The van der Waals surface area contributed by atoms with Gasteiger partial charge in [0.2, 0.25) is 0 Å². The molecule has 3 rings (SSSR count). The molecule has 0 saturated heterocycles. The lowest BCUT2D eigenvalue weighted by atomic mass is 10.1. The molecule has 0 atom stereocenters. The molecular formula is C18H19BrN2O2. The number of amides is 2. The van der Waals surface area contributed by atoms with E-state index >= 15 is 0 Å². The Kier molecular flexibility index (Phi) is 4.31. The number of rotatable bonds is 4. The lowest BCUT2D eigenvalue weighted by molar-refractivity contribution is 0.247. The van der Waals surface area contributed by atoms with Gasteiger partial charge in [0.1, 0.15) is 5.75 Å². The zero-order valence-corrected chi connectivity index (χ0v) is 14.7. The third-order valence-corrected chi connectivity index (χ3v) is 4.77. The minimum atomic E-state index is -0.256. The number of methoxy groups -OCH3 is 1. The molecule has 0 spiro atoms. The maximum Gasteiger partial charge on any atom is 0.319 e. The fourth-order valence-corrected chi connectivity index (χ4v) is 3.21. The minimum Gasteiger partial charge on any atom is -0.497 e. The van der Waals surface area contributed by atoms with Gasteiger partial charge in [-0.15, -0.1) is 0 Å². The number of anilines is 1. The second-order valence-corrected chi connectivity index (χ2v) is 6.73. The van der Waals surface area contributed by atoms with Crippen LogP contribution in [0.2, 0.25) is 0 Å². The van der Waals surface area contributed by atoms with Crippen molar-refractivity contribution in [2.45, 2.75) is 25.3 Å². The molecule has 0 aromatic heterocycles. The Morgan fingerprint density at radius 3 is 2.43 bits per heavy atom. The van der Waals surface area contributed by atoms with Crippen molar-refractivity contribution in [3.8, 4) is 5.75 Å². The highest BCUT2D eigenvalue weighted by Crippen LogP contribution is 2.45. The molecule has 2 N–H and O–H groups in total. The molecule has 0 unspecified atom stereocenters. The Bertz CT molecular complexity index is 724. The van der Waals surface area contributed by atoms with Crippen LogP contribution in [-0.2, 0) is 5.54 Å². The summed E-state index contributed by atoms with van der Waals surface area (Å²) in [5.41, 5.74) is 2.75. The summed E-state index contributed by atoms with van der Waals surface area (Å²) in [6, 6.07) is 13.5. The number of hydrogen-bond donors (Lipinski definition) is 2. The van der Waals surface area contributed by atoms with Crippen molar-refractivity contribution in [3.05, 3.63) is 58.1 Å². The van der Waals surface area contributed by atoms with Crippen molar-refractivity contribution in [1.29, 1.82) is 0 Å². The first-order valence-corrected chi connectivity index (χ1v) is 8.31. The molecule has 0 radical (unpaired) electrons.